The van der Waals surface area contributed by atoms with Crippen molar-refractivity contribution in [3.63, 3.8) is 0 Å². The summed E-state index contributed by atoms with van der Waals surface area (Å²) < 4.78 is 10.3. The molecule has 0 saturated heterocycles. The molecule has 7 heteroatoms. The van der Waals surface area contributed by atoms with Crippen molar-refractivity contribution in [1.29, 1.82) is 0 Å². The number of nitrogens with one attached hydrogen (secondary N) is 2. The molecule has 2 amide bonds. The second kappa shape index (κ2) is 8.66. The van der Waals surface area contributed by atoms with Crippen molar-refractivity contribution in [2.45, 2.75) is 13.1 Å². The van der Waals surface area contributed by atoms with E-state index in [1.807, 2.05) is 24.3 Å². The number of benzene rings is 1. The van der Waals surface area contributed by atoms with Gasteiger partial charge in [-0.3, -0.25) is 14.6 Å². The SMILES string of the molecule is COc1ccc(CNC(=O)c2ccnc(C(=O)NCc3ccco3)c2)cc1. The monoisotopic (exact) mass is 365 g/mol. The second-order valence-electron chi connectivity index (χ2n) is 5.72. The minimum Gasteiger partial charge on any atom is -0.497 e. The van der Waals surface area contributed by atoms with Crippen molar-refractivity contribution in [1.82, 2.24) is 15.6 Å². The summed E-state index contributed by atoms with van der Waals surface area (Å²) in [5.41, 5.74) is 1.47. The van der Waals surface area contributed by atoms with Gasteiger partial charge < -0.3 is 19.8 Å². The predicted octanol–water partition coefficient (Wildman–Crippen LogP) is 2.54. The van der Waals surface area contributed by atoms with Gasteiger partial charge in [-0.2, -0.15) is 0 Å². The Bertz CT molecular complexity index is 905. The normalized spacial score (nSPS) is 10.3. The predicted molar refractivity (Wildman–Crippen MR) is 98.3 cm³/mol. The molecular formula is C20H19N3O4. The highest BCUT2D eigenvalue weighted by Gasteiger charge is 2.12. The van der Waals surface area contributed by atoms with Gasteiger partial charge in [0.25, 0.3) is 11.8 Å². The zero-order valence-electron chi connectivity index (χ0n) is 14.8. The number of rotatable bonds is 7. The van der Waals surface area contributed by atoms with E-state index in [1.54, 1.807) is 25.3 Å². The van der Waals surface area contributed by atoms with Gasteiger partial charge in [0.2, 0.25) is 0 Å². The second-order valence-corrected chi connectivity index (χ2v) is 5.72. The summed E-state index contributed by atoms with van der Waals surface area (Å²) in [7, 11) is 1.60. The Balaban J connectivity index is 1.58. The number of nitrogens with zero attached hydrogens (tertiary/aromatic N) is 1. The molecule has 0 atom stereocenters. The van der Waals surface area contributed by atoms with E-state index in [1.165, 1.54) is 18.5 Å². The molecule has 1 aromatic carbocycles. The molecular weight excluding hydrogens is 346 g/mol. The fourth-order valence-corrected chi connectivity index (χ4v) is 2.39. The first kappa shape index (κ1) is 18.2. The van der Waals surface area contributed by atoms with E-state index in [-0.39, 0.29) is 24.1 Å². The summed E-state index contributed by atoms with van der Waals surface area (Å²) in [5, 5.41) is 5.52. The highest BCUT2D eigenvalue weighted by Crippen LogP contribution is 2.11. The number of hydrogen-bond donors (Lipinski definition) is 2. The van der Waals surface area contributed by atoms with Crippen molar-refractivity contribution in [3.05, 3.63) is 83.6 Å². The van der Waals surface area contributed by atoms with Gasteiger partial charge in [0.1, 0.15) is 17.2 Å². The first-order valence-electron chi connectivity index (χ1n) is 8.33. The summed E-state index contributed by atoms with van der Waals surface area (Å²) in [6.45, 7) is 0.618. The summed E-state index contributed by atoms with van der Waals surface area (Å²) in [6, 6.07) is 13.9. The highest BCUT2D eigenvalue weighted by atomic mass is 16.5. The molecule has 0 fully saturated rings. The van der Waals surface area contributed by atoms with Crippen LogP contribution in [0.1, 0.15) is 32.2 Å². The summed E-state index contributed by atoms with van der Waals surface area (Å²) in [5.74, 6) is 0.727. The lowest BCUT2D eigenvalue weighted by Crippen LogP contribution is -2.26. The molecule has 0 aliphatic carbocycles. The maximum absolute atomic E-state index is 12.4. The van der Waals surface area contributed by atoms with E-state index in [0.29, 0.717) is 17.9 Å². The lowest BCUT2D eigenvalue weighted by atomic mass is 10.2. The van der Waals surface area contributed by atoms with E-state index < -0.39 is 0 Å². The van der Waals surface area contributed by atoms with Gasteiger partial charge >= 0.3 is 0 Å². The van der Waals surface area contributed by atoms with Gasteiger partial charge in [0, 0.05) is 18.3 Å². The molecule has 27 heavy (non-hydrogen) atoms. The molecule has 138 valence electrons. The van der Waals surface area contributed by atoms with Gasteiger partial charge in [0.15, 0.2) is 0 Å². The molecule has 0 saturated carbocycles. The van der Waals surface area contributed by atoms with Crippen molar-refractivity contribution in [3.8, 4) is 5.75 Å². The molecule has 0 aliphatic rings. The molecule has 2 aromatic heterocycles. The molecule has 0 aliphatic heterocycles. The maximum atomic E-state index is 12.4. The molecule has 2 heterocycles. The number of ether oxygens (including phenoxy) is 1. The third-order valence-corrected chi connectivity index (χ3v) is 3.87. The lowest BCUT2D eigenvalue weighted by molar-refractivity contribution is 0.0943. The third-order valence-electron chi connectivity index (χ3n) is 3.87. The van der Waals surface area contributed by atoms with Crippen LogP contribution in [0.2, 0.25) is 0 Å². The zero-order chi connectivity index (χ0) is 19.1. The summed E-state index contributed by atoms with van der Waals surface area (Å²) >= 11 is 0. The van der Waals surface area contributed by atoms with E-state index in [9.17, 15) is 9.59 Å². The minimum atomic E-state index is -0.379. The molecule has 2 N–H and O–H groups in total. The Hall–Kier alpha value is -3.61. The van der Waals surface area contributed by atoms with Gasteiger partial charge in [-0.1, -0.05) is 12.1 Å². The molecule has 3 rings (SSSR count). The quantitative estimate of drug-likeness (QED) is 0.671. The fraction of sp³-hybridized carbons (Fsp3) is 0.150. The van der Waals surface area contributed by atoms with Gasteiger partial charge in [-0.25, -0.2) is 0 Å². The fourth-order valence-electron chi connectivity index (χ4n) is 2.39. The number of furan rings is 1. The Morgan fingerprint density at radius 3 is 2.52 bits per heavy atom. The first-order valence-corrected chi connectivity index (χ1v) is 8.33. The average Bonchev–Trinajstić information content (AvgIpc) is 3.24. The smallest absolute Gasteiger partial charge is 0.270 e. The van der Waals surface area contributed by atoms with Crippen LogP contribution in [0.3, 0.4) is 0 Å². The number of carbonyl (C=O) groups excluding carboxylic acids is 2. The molecule has 0 bridgehead atoms. The van der Waals surface area contributed by atoms with Crippen molar-refractivity contribution >= 4 is 11.8 Å². The first-order chi connectivity index (χ1) is 13.2. The van der Waals surface area contributed by atoms with Crippen molar-refractivity contribution < 1.29 is 18.7 Å². The van der Waals surface area contributed by atoms with Crippen LogP contribution in [0.4, 0.5) is 0 Å². The Morgan fingerprint density at radius 1 is 1.04 bits per heavy atom. The van der Waals surface area contributed by atoms with Crippen LogP contribution in [0.15, 0.2) is 65.4 Å². The number of hydrogen-bond acceptors (Lipinski definition) is 5. The highest BCUT2D eigenvalue weighted by molar-refractivity contribution is 5.98. The summed E-state index contributed by atoms with van der Waals surface area (Å²) in [6.07, 6.45) is 2.97. The van der Waals surface area contributed by atoms with Crippen LogP contribution in [0.25, 0.3) is 0 Å². The van der Waals surface area contributed by atoms with Gasteiger partial charge in [-0.05, 0) is 42.0 Å². The van der Waals surface area contributed by atoms with E-state index in [0.717, 1.165) is 11.3 Å². The number of methoxy groups -OCH3 is 1. The van der Waals surface area contributed by atoms with Gasteiger partial charge in [0.05, 0.1) is 19.9 Å². The molecule has 0 spiro atoms. The van der Waals surface area contributed by atoms with Crippen molar-refractivity contribution in [2.24, 2.45) is 0 Å². The molecule has 0 radical (unpaired) electrons. The van der Waals surface area contributed by atoms with E-state index in [2.05, 4.69) is 15.6 Å². The number of carbonyl (C=O) groups is 2. The van der Waals surface area contributed by atoms with E-state index >= 15 is 0 Å². The van der Waals surface area contributed by atoms with Crippen LogP contribution in [-0.2, 0) is 13.1 Å². The zero-order valence-corrected chi connectivity index (χ0v) is 14.8. The standard InChI is InChI=1S/C20H19N3O4/c1-26-16-6-4-14(5-7-16)12-22-19(24)15-8-9-21-18(11-15)20(25)23-13-17-3-2-10-27-17/h2-11H,12-13H2,1H3,(H,22,24)(H,23,25). The Morgan fingerprint density at radius 2 is 1.81 bits per heavy atom. The molecule has 3 aromatic rings. The number of aromatic nitrogens is 1. The lowest BCUT2D eigenvalue weighted by Gasteiger charge is -2.08. The van der Waals surface area contributed by atoms with Crippen LogP contribution in [0, 0.1) is 0 Å². The van der Waals surface area contributed by atoms with Crippen LogP contribution >= 0.6 is 0 Å². The topological polar surface area (TPSA) is 93.5 Å². The average molecular weight is 365 g/mol. The van der Waals surface area contributed by atoms with E-state index in [4.69, 9.17) is 9.15 Å². The largest absolute Gasteiger partial charge is 0.497 e. The Kier molecular flexibility index (Phi) is 5.84. The van der Waals surface area contributed by atoms with Crippen molar-refractivity contribution in [2.75, 3.05) is 7.11 Å². The van der Waals surface area contributed by atoms with Crippen LogP contribution in [-0.4, -0.2) is 23.9 Å². The molecule has 7 nitrogen and oxygen atoms in total. The molecule has 0 unspecified atom stereocenters. The number of amides is 2. The minimum absolute atomic E-state index is 0.165. The summed E-state index contributed by atoms with van der Waals surface area (Å²) in [4.78, 5) is 28.6. The third kappa shape index (κ3) is 4.94. The maximum Gasteiger partial charge on any atom is 0.270 e. The number of pyridine rings is 1. The van der Waals surface area contributed by atoms with Crippen LogP contribution < -0.4 is 15.4 Å². The van der Waals surface area contributed by atoms with Gasteiger partial charge in [-0.15, -0.1) is 0 Å². The van der Waals surface area contributed by atoms with Crippen LogP contribution in [0.5, 0.6) is 5.75 Å². The Labute approximate surface area is 156 Å².